The molecule has 0 spiro atoms. The van der Waals surface area contributed by atoms with Gasteiger partial charge in [-0.25, -0.2) is 0 Å². The van der Waals surface area contributed by atoms with Crippen molar-refractivity contribution in [3.63, 3.8) is 0 Å². The largest absolute Gasteiger partial charge is 0.496 e. The van der Waals surface area contributed by atoms with Gasteiger partial charge in [0.25, 0.3) is 0 Å². The van der Waals surface area contributed by atoms with Crippen LogP contribution < -0.4 is 9.47 Å². The highest BCUT2D eigenvalue weighted by Gasteiger charge is 2.30. The van der Waals surface area contributed by atoms with E-state index in [1.54, 1.807) is 14.2 Å². The van der Waals surface area contributed by atoms with Gasteiger partial charge in [0.1, 0.15) is 11.5 Å². The quantitative estimate of drug-likeness (QED) is 0.706. The Kier molecular flexibility index (Phi) is 2.13. The maximum absolute atomic E-state index is 5.29. The average molecular weight is 177 g/mol. The summed E-state index contributed by atoms with van der Waals surface area (Å²) in [5.74, 6) is 3.29. The van der Waals surface area contributed by atoms with Crippen LogP contribution in [0.3, 0.4) is 0 Å². The highest BCUT2D eigenvalue weighted by atomic mass is 16.5. The summed E-state index contributed by atoms with van der Waals surface area (Å²) >= 11 is 0. The first kappa shape index (κ1) is 8.42. The van der Waals surface area contributed by atoms with E-state index in [0.29, 0.717) is 0 Å². The van der Waals surface area contributed by atoms with E-state index in [9.17, 15) is 0 Å². The lowest BCUT2D eigenvalue weighted by atomic mass is 10.1. The van der Waals surface area contributed by atoms with E-state index < -0.39 is 0 Å². The van der Waals surface area contributed by atoms with Crippen molar-refractivity contribution in [2.75, 3.05) is 14.2 Å². The van der Waals surface area contributed by atoms with Crippen LogP contribution in [0.15, 0.2) is 18.2 Å². The Morgan fingerprint density at radius 2 is 1.54 bits per heavy atom. The summed E-state index contributed by atoms with van der Waals surface area (Å²) in [6.07, 6.45) is 2.35. The summed E-state index contributed by atoms with van der Waals surface area (Å²) in [6.45, 7) is 0. The zero-order valence-corrected chi connectivity index (χ0v) is 7.96. The monoisotopic (exact) mass is 177 g/mol. The van der Waals surface area contributed by atoms with Crippen molar-refractivity contribution in [1.29, 1.82) is 0 Å². The fourth-order valence-electron chi connectivity index (χ4n) is 1.51. The summed E-state index contributed by atoms with van der Waals surface area (Å²) in [5, 5.41) is 0. The van der Waals surface area contributed by atoms with Crippen LogP contribution in [0, 0.1) is 5.92 Å². The van der Waals surface area contributed by atoms with E-state index >= 15 is 0 Å². The second kappa shape index (κ2) is 3.29. The number of benzene rings is 1. The molecule has 1 aromatic carbocycles. The molecule has 0 unspecified atom stereocenters. The first-order valence-corrected chi connectivity index (χ1v) is 4.43. The van der Waals surface area contributed by atoms with E-state index in [2.05, 4.69) is 0 Å². The number of rotatable bonds is 3. The summed E-state index contributed by atoms with van der Waals surface area (Å²) in [5.41, 5.74) is 1.16. The average Bonchev–Trinajstić information content (AvgIpc) is 3.00. The van der Waals surface area contributed by atoms with Crippen LogP contribution in [0.25, 0.3) is 0 Å². The first-order valence-electron chi connectivity index (χ1n) is 4.43. The van der Waals surface area contributed by atoms with Crippen molar-refractivity contribution in [3.8, 4) is 11.5 Å². The summed E-state index contributed by atoms with van der Waals surface area (Å²) < 4.78 is 10.6. The molecule has 2 rings (SSSR count). The standard InChI is InChI=1S/C11H13O2/c1-12-9-4-3-5-10(13-2)11(9)8-6-7-8/h3-5H,6-7H2,1-2H3. The van der Waals surface area contributed by atoms with E-state index in [0.717, 1.165) is 17.1 Å². The second-order valence-electron chi connectivity index (χ2n) is 3.14. The van der Waals surface area contributed by atoms with Crippen LogP contribution >= 0.6 is 0 Å². The van der Waals surface area contributed by atoms with Crippen LogP contribution in [-0.4, -0.2) is 14.2 Å². The molecule has 13 heavy (non-hydrogen) atoms. The van der Waals surface area contributed by atoms with Crippen molar-refractivity contribution in [2.24, 2.45) is 0 Å². The second-order valence-corrected chi connectivity index (χ2v) is 3.14. The Morgan fingerprint density at radius 3 is 1.92 bits per heavy atom. The molecule has 0 aliphatic heterocycles. The smallest absolute Gasteiger partial charge is 0.126 e. The third-order valence-corrected chi connectivity index (χ3v) is 2.28. The van der Waals surface area contributed by atoms with Gasteiger partial charge in [-0.2, -0.15) is 0 Å². The molecule has 1 saturated carbocycles. The van der Waals surface area contributed by atoms with Crippen LogP contribution in [0.5, 0.6) is 11.5 Å². The van der Waals surface area contributed by atoms with Gasteiger partial charge >= 0.3 is 0 Å². The van der Waals surface area contributed by atoms with Crippen molar-refractivity contribution in [2.45, 2.75) is 12.8 Å². The molecule has 0 bridgehead atoms. The third-order valence-electron chi connectivity index (χ3n) is 2.28. The fourth-order valence-corrected chi connectivity index (χ4v) is 1.51. The van der Waals surface area contributed by atoms with E-state index in [4.69, 9.17) is 9.47 Å². The predicted molar refractivity (Wildman–Crippen MR) is 51.1 cm³/mol. The Balaban J connectivity index is 2.44. The molecule has 1 fully saturated rings. The molecule has 2 heteroatoms. The van der Waals surface area contributed by atoms with Gasteiger partial charge in [0.2, 0.25) is 0 Å². The number of ether oxygens (including phenoxy) is 2. The SMILES string of the molecule is COc1cccc(OC)c1[C]1CC1. The van der Waals surface area contributed by atoms with Gasteiger partial charge in [-0.15, -0.1) is 0 Å². The maximum Gasteiger partial charge on any atom is 0.126 e. The molecule has 0 amide bonds. The van der Waals surface area contributed by atoms with E-state index in [-0.39, 0.29) is 0 Å². The molecule has 0 N–H and O–H groups in total. The number of methoxy groups -OCH3 is 2. The van der Waals surface area contributed by atoms with Crippen molar-refractivity contribution >= 4 is 0 Å². The summed E-state index contributed by atoms with van der Waals surface area (Å²) in [4.78, 5) is 0. The van der Waals surface area contributed by atoms with E-state index in [1.165, 1.54) is 18.8 Å². The molecule has 1 radical (unpaired) electrons. The van der Waals surface area contributed by atoms with Gasteiger partial charge in [0.15, 0.2) is 0 Å². The topological polar surface area (TPSA) is 18.5 Å². The van der Waals surface area contributed by atoms with Gasteiger partial charge in [-0.05, 0) is 25.0 Å². The van der Waals surface area contributed by atoms with Gasteiger partial charge in [-0.1, -0.05) is 6.07 Å². The Bertz CT molecular complexity index is 281. The number of hydrogen-bond donors (Lipinski definition) is 0. The molecule has 2 nitrogen and oxygen atoms in total. The lowest BCUT2D eigenvalue weighted by Crippen LogP contribution is -1.94. The Hall–Kier alpha value is -1.18. The van der Waals surface area contributed by atoms with Crippen LogP contribution in [-0.2, 0) is 0 Å². The molecule has 0 atom stereocenters. The minimum Gasteiger partial charge on any atom is -0.496 e. The lowest BCUT2D eigenvalue weighted by molar-refractivity contribution is 0.389. The van der Waals surface area contributed by atoms with Crippen molar-refractivity contribution in [1.82, 2.24) is 0 Å². The van der Waals surface area contributed by atoms with Crippen LogP contribution in [0.2, 0.25) is 0 Å². The van der Waals surface area contributed by atoms with Crippen LogP contribution in [0.4, 0.5) is 0 Å². The molecule has 1 aromatic rings. The van der Waals surface area contributed by atoms with Gasteiger partial charge in [0, 0.05) is 11.5 Å². The molecule has 69 valence electrons. The molecule has 0 aromatic heterocycles. The third kappa shape index (κ3) is 1.48. The zero-order chi connectivity index (χ0) is 9.26. The maximum atomic E-state index is 5.29. The van der Waals surface area contributed by atoms with Crippen molar-refractivity contribution < 1.29 is 9.47 Å². The van der Waals surface area contributed by atoms with Crippen molar-refractivity contribution in [3.05, 3.63) is 29.7 Å². The lowest BCUT2D eigenvalue weighted by Gasteiger charge is -2.11. The molecule has 1 aliphatic rings. The highest BCUT2D eigenvalue weighted by molar-refractivity contribution is 5.56. The zero-order valence-electron chi connectivity index (χ0n) is 7.96. The molecule has 0 saturated heterocycles. The van der Waals surface area contributed by atoms with Gasteiger partial charge in [-0.3, -0.25) is 0 Å². The highest BCUT2D eigenvalue weighted by Crippen LogP contribution is 2.47. The van der Waals surface area contributed by atoms with Gasteiger partial charge in [0.05, 0.1) is 14.2 Å². The van der Waals surface area contributed by atoms with Gasteiger partial charge < -0.3 is 9.47 Å². The van der Waals surface area contributed by atoms with E-state index in [1.807, 2.05) is 18.2 Å². The molecule has 1 aliphatic carbocycles. The Labute approximate surface area is 78.5 Å². The molecular formula is C11H13O2. The first-order chi connectivity index (χ1) is 6.36. The normalized spacial score (nSPS) is 15.5. The number of hydrogen-bond acceptors (Lipinski definition) is 2. The molecular weight excluding hydrogens is 164 g/mol. The minimum absolute atomic E-state index is 0.923. The summed E-state index contributed by atoms with van der Waals surface area (Å²) in [6, 6.07) is 5.90. The minimum atomic E-state index is 0.923. The fraction of sp³-hybridized carbons (Fsp3) is 0.364. The Morgan fingerprint density at radius 1 is 1.00 bits per heavy atom. The van der Waals surface area contributed by atoms with Crippen LogP contribution in [0.1, 0.15) is 18.4 Å². The predicted octanol–water partition coefficient (Wildman–Crippen LogP) is 2.42. The molecule has 0 heterocycles. The summed E-state index contributed by atoms with van der Waals surface area (Å²) in [7, 11) is 3.39.